The van der Waals surface area contributed by atoms with Crippen LogP contribution in [0.3, 0.4) is 0 Å². The molecule has 0 amide bonds. The lowest BCUT2D eigenvalue weighted by Gasteiger charge is -2.33. The molecule has 0 aromatic carbocycles. The Morgan fingerprint density at radius 3 is 2.13 bits per heavy atom. The van der Waals surface area contributed by atoms with Crippen LogP contribution in [0.4, 0.5) is 13.2 Å². The van der Waals surface area contributed by atoms with Crippen LogP contribution in [0, 0.1) is 18.3 Å². The first-order valence-electron chi connectivity index (χ1n) is 5.55. The number of hydrogen-bond donors (Lipinski definition) is 0. The van der Waals surface area contributed by atoms with Gasteiger partial charge in [0.2, 0.25) is 0 Å². The molecule has 15 heavy (non-hydrogen) atoms. The van der Waals surface area contributed by atoms with Gasteiger partial charge in [0, 0.05) is 6.54 Å². The first-order valence-corrected chi connectivity index (χ1v) is 5.55. The van der Waals surface area contributed by atoms with Crippen molar-refractivity contribution in [1.29, 1.82) is 0 Å². The Bertz CT molecular complexity index is 224. The average molecular weight is 220 g/mol. The lowest BCUT2D eigenvalue weighted by atomic mass is 9.97. The molecule has 1 aliphatic heterocycles. The second-order valence-corrected chi connectivity index (χ2v) is 5.00. The maximum atomic E-state index is 12.7. The number of hydrogen-bond acceptors (Lipinski definition) is 1. The fraction of sp³-hybridized carbons (Fsp3) is 0.909. The Morgan fingerprint density at radius 2 is 1.73 bits per heavy atom. The van der Waals surface area contributed by atoms with Crippen LogP contribution in [0.25, 0.3) is 0 Å². The highest BCUT2D eigenvalue weighted by Gasteiger charge is 2.63. The quantitative estimate of drug-likeness (QED) is 0.691. The highest BCUT2D eigenvalue weighted by atomic mass is 19.4. The van der Waals surface area contributed by atoms with Gasteiger partial charge in [-0.3, -0.25) is 0 Å². The molecule has 87 valence electrons. The maximum Gasteiger partial charge on any atom is 0.395 e. The van der Waals surface area contributed by atoms with Crippen LogP contribution in [0.1, 0.15) is 25.7 Å². The first-order chi connectivity index (χ1) is 6.93. The largest absolute Gasteiger partial charge is 0.395 e. The van der Waals surface area contributed by atoms with Crippen molar-refractivity contribution in [2.24, 2.45) is 11.3 Å². The summed E-state index contributed by atoms with van der Waals surface area (Å²) in [6.45, 7) is 5.72. The van der Waals surface area contributed by atoms with E-state index in [4.69, 9.17) is 0 Å². The fourth-order valence-electron chi connectivity index (χ4n) is 2.25. The average Bonchev–Trinajstić information content (AvgIpc) is 2.89. The fourth-order valence-corrected chi connectivity index (χ4v) is 2.25. The van der Waals surface area contributed by atoms with Gasteiger partial charge in [0.25, 0.3) is 0 Å². The van der Waals surface area contributed by atoms with Gasteiger partial charge in [-0.05, 0) is 44.7 Å². The third kappa shape index (κ3) is 2.30. The van der Waals surface area contributed by atoms with Crippen molar-refractivity contribution in [2.45, 2.75) is 31.9 Å². The molecule has 0 bridgehead atoms. The summed E-state index contributed by atoms with van der Waals surface area (Å²) in [7, 11) is 0. The third-order valence-corrected chi connectivity index (χ3v) is 3.69. The summed E-state index contributed by atoms with van der Waals surface area (Å²) in [5.41, 5.74) is -1.36. The van der Waals surface area contributed by atoms with E-state index in [1.165, 1.54) is 0 Å². The number of likely N-dealkylation sites (tertiary alicyclic amines) is 1. The van der Waals surface area contributed by atoms with Gasteiger partial charge in [0.05, 0.1) is 5.41 Å². The highest BCUT2D eigenvalue weighted by Crippen LogP contribution is 2.58. The van der Waals surface area contributed by atoms with E-state index >= 15 is 0 Å². The molecule has 1 saturated carbocycles. The summed E-state index contributed by atoms with van der Waals surface area (Å²) in [4.78, 5) is 1.96. The van der Waals surface area contributed by atoms with Crippen molar-refractivity contribution in [2.75, 3.05) is 19.6 Å². The van der Waals surface area contributed by atoms with Crippen molar-refractivity contribution < 1.29 is 13.2 Å². The topological polar surface area (TPSA) is 3.24 Å². The highest BCUT2D eigenvalue weighted by molar-refractivity contribution is 5.01. The van der Waals surface area contributed by atoms with Gasteiger partial charge in [-0.15, -0.1) is 0 Å². The minimum Gasteiger partial charge on any atom is -0.302 e. The minimum atomic E-state index is -4.01. The van der Waals surface area contributed by atoms with E-state index in [2.05, 4.69) is 6.92 Å². The molecule has 1 aliphatic carbocycles. The number of piperidine rings is 1. The summed E-state index contributed by atoms with van der Waals surface area (Å²) in [5, 5.41) is 0. The van der Waals surface area contributed by atoms with Crippen LogP contribution in [0.5, 0.6) is 0 Å². The van der Waals surface area contributed by atoms with Gasteiger partial charge in [-0.1, -0.05) is 6.92 Å². The lowest BCUT2D eigenvalue weighted by molar-refractivity contribution is -0.192. The summed E-state index contributed by atoms with van der Waals surface area (Å²) in [6, 6.07) is 0. The molecule has 1 heterocycles. The van der Waals surface area contributed by atoms with Gasteiger partial charge >= 0.3 is 6.18 Å². The van der Waals surface area contributed by atoms with Crippen LogP contribution >= 0.6 is 0 Å². The predicted molar refractivity (Wildman–Crippen MR) is 52.2 cm³/mol. The van der Waals surface area contributed by atoms with E-state index < -0.39 is 11.6 Å². The number of alkyl halides is 3. The molecule has 0 spiro atoms. The normalized spacial score (nSPS) is 28.0. The summed E-state index contributed by atoms with van der Waals surface area (Å²) >= 11 is 0. The second-order valence-electron chi connectivity index (χ2n) is 5.00. The van der Waals surface area contributed by atoms with Crippen LogP contribution in [-0.4, -0.2) is 30.7 Å². The smallest absolute Gasteiger partial charge is 0.302 e. The van der Waals surface area contributed by atoms with E-state index in [0.717, 1.165) is 25.9 Å². The molecule has 1 radical (unpaired) electrons. The van der Waals surface area contributed by atoms with Gasteiger partial charge < -0.3 is 4.90 Å². The molecule has 2 aliphatic rings. The molecule has 2 rings (SSSR count). The van der Waals surface area contributed by atoms with Crippen molar-refractivity contribution >= 4 is 0 Å². The summed E-state index contributed by atoms with van der Waals surface area (Å²) in [6.07, 6.45) is -1.49. The van der Waals surface area contributed by atoms with Crippen LogP contribution in [-0.2, 0) is 0 Å². The standard InChI is InChI=1S/C11H17F3N/c1-9-2-6-15(7-3-9)8-10(4-5-10)11(12,13)14/h9H,1-8H2. The zero-order valence-electron chi connectivity index (χ0n) is 8.82. The van der Waals surface area contributed by atoms with Gasteiger partial charge in [0.1, 0.15) is 0 Å². The molecule has 0 atom stereocenters. The number of nitrogens with zero attached hydrogens (tertiary/aromatic N) is 1. The van der Waals surface area contributed by atoms with E-state index in [0.29, 0.717) is 18.8 Å². The molecular formula is C11H17F3N. The van der Waals surface area contributed by atoms with Crippen LogP contribution in [0.15, 0.2) is 0 Å². The van der Waals surface area contributed by atoms with Gasteiger partial charge in [-0.25, -0.2) is 0 Å². The van der Waals surface area contributed by atoms with Crippen molar-refractivity contribution in [3.05, 3.63) is 6.92 Å². The molecule has 4 heteroatoms. The van der Waals surface area contributed by atoms with Crippen molar-refractivity contribution in [3.63, 3.8) is 0 Å². The Balaban J connectivity index is 1.87. The Labute approximate surface area is 88.6 Å². The molecule has 1 nitrogen and oxygen atoms in total. The van der Waals surface area contributed by atoms with Crippen molar-refractivity contribution in [1.82, 2.24) is 4.90 Å². The summed E-state index contributed by atoms with van der Waals surface area (Å²) in [5.74, 6) is 0.433. The van der Waals surface area contributed by atoms with E-state index in [9.17, 15) is 13.2 Å². The SMILES string of the molecule is [CH2]C1CCN(CC2(C(F)(F)F)CC2)CC1. The van der Waals surface area contributed by atoms with Gasteiger partial charge in [-0.2, -0.15) is 13.2 Å². The number of halogens is 3. The maximum absolute atomic E-state index is 12.7. The minimum absolute atomic E-state index is 0.212. The zero-order valence-corrected chi connectivity index (χ0v) is 8.82. The van der Waals surface area contributed by atoms with E-state index in [1.54, 1.807) is 0 Å². The number of rotatable bonds is 2. The monoisotopic (exact) mass is 220 g/mol. The Kier molecular flexibility index (Phi) is 2.73. The summed E-state index contributed by atoms with van der Waals surface area (Å²) < 4.78 is 38.1. The molecule has 0 aromatic heterocycles. The third-order valence-electron chi connectivity index (χ3n) is 3.69. The molecule has 1 saturated heterocycles. The molecule has 0 unspecified atom stereocenters. The van der Waals surface area contributed by atoms with E-state index in [-0.39, 0.29) is 6.54 Å². The molecular weight excluding hydrogens is 203 g/mol. The zero-order chi connectivity index (χ0) is 11.1. The second kappa shape index (κ2) is 3.65. The Morgan fingerprint density at radius 1 is 1.20 bits per heavy atom. The molecule has 0 N–H and O–H groups in total. The first kappa shape index (κ1) is 11.2. The predicted octanol–water partition coefficient (Wildman–Crippen LogP) is 2.87. The van der Waals surface area contributed by atoms with Crippen LogP contribution in [0.2, 0.25) is 0 Å². The lowest BCUT2D eigenvalue weighted by Crippen LogP contribution is -2.42. The Hall–Kier alpha value is -0.250. The van der Waals surface area contributed by atoms with E-state index in [1.807, 2.05) is 4.90 Å². The van der Waals surface area contributed by atoms with Gasteiger partial charge in [0.15, 0.2) is 0 Å². The molecule has 2 fully saturated rings. The van der Waals surface area contributed by atoms with Crippen LogP contribution < -0.4 is 0 Å². The van der Waals surface area contributed by atoms with Crippen molar-refractivity contribution in [3.8, 4) is 0 Å². The molecule has 0 aromatic rings.